The summed E-state index contributed by atoms with van der Waals surface area (Å²) in [7, 11) is -0.762. The normalized spacial score (nSPS) is 11.5. The van der Waals surface area contributed by atoms with E-state index in [2.05, 4.69) is 5.32 Å². The van der Waals surface area contributed by atoms with Gasteiger partial charge in [0.15, 0.2) is 0 Å². The van der Waals surface area contributed by atoms with Crippen LogP contribution < -0.4 is 10.1 Å². The quantitative estimate of drug-likeness (QED) is 0.635. The van der Waals surface area contributed by atoms with Gasteiger partial charge in [0.1, 0.15) is 5.75 Å². The van der Waals surface area contributed by atoms with Gasteiger partial charge in [-0.25, -0.2) is 8.42 Å². The predicted molar refractivity (Wildman–Crippen MR) is 91.7 cm³/mol. The Labute approximate surface area is 144 Å². The molecule has 0 fully saturated rings. The number of sulfonamides is 1. The number of nitrogens with one attached hydrogen (secondary N) is 1. The van der Waals surface area contributed by atoms with Gasteiger partial charge < -0.3 is 14.8 Å². The molecule has 8 heteroatoms. The van der Waals surface area contributed by atoms with E-state index < -0.39 is 10.0 Å². The highest BCUT2D eigenvalue weighted by atomic mass is 32.2. The number of aryl methyl sites for hydroxylation is 1. The summed E-state index contributed by atoms with van der Waals surface area (Å²) in [6.07, 6.45) is 0.677. The van der Waals surface area contributed by atoms with Gasteiger partial charge >= 0.3 is 0 Å². The van der Waals surface area contributed by atoms with Crippen LogP contribution >= 0.6 is 0 Å². The standard InChI is InChI=1S/C16H26N2O5S/c1-5-23-15-8-7-14(11-13(15)2)24(20,21)18(3)12-16(19)17-9-6-10-22-4/h7-8,11H,5-6,9-10,12H2,1-4H3,(H,17,19). The Morgan fingerprint density at radius 3 is 2.62 bits per heavy atom. The van der Waals surface area contributed by atoms with Crippen LogP contribution in [0.4, 0.5) is 0 Å². The Hall–Kier alpha value is -1.64. The van der Waals surface area contributed by atoms with E-state index in [1.807, 2.05) is 6.92 Å². The van der Waals surface area contributed by atoms with Crippen molar-refractivity contribution >= 4 is 15.9 Å². The maximum Gasteiger partial charge on any atom is 0.243 e. The summed E-state index contributed by atoms with van der Waals surface area (Å²) in [5, 5.41) is 2.66. The fourth-order valence-electron chi connectivity index (χ4n) is 2.07. The number of hydrogen-bond acceptors (Lipinski definition) is 5. The molecule has 0 aromatic heterocycles. The maximum atomic E-state index is 12.6. The van der Waals surface area contributed by atoms with Crippen molar-refractivity contribution in [2.75, 3.05) is 40.5 Å². The van der Waals surface area contributed by atoms with Crippen LogP contribution in [0.2, 0.25) is 0 Å². The number of methoxy groups -OCH3 is 1. The molecule has 0 bridgehead atoms. The number of amides is 1. The number of likely N-dealkylation sites (N-methyl/N-ethyl adjacent to an activating group) is 1. The molecule has 136 valence electrons. The number of carbonyl (C=O) groups is 1. The molecule has 1 N–H and O–H groups in total. The molecule has 0 aliphatic rings. The molecule has 0 spiro atoms. The number of nitrogens with zero attached hydrogens (tertiary/aromatic N) is 1. The van der Waals surface area contributed by atoms with E-state index in [1.165, 1.54) is 13.1 Å². The van der Waals surface area contributed by atoms with E-state index in [9.17, 15) is 13.2 Å². The van der Waals surface area contributed by atoms with E-state index in [-0.39, 0.29) is 17.3 Å². The molecule has 0 aliphatic carbocycles. The fourth-order valence-corrected chi connectivity index (χ4v) is 3.28. The minimum absolute atomic E-state index is 0.137. The van der Waals surface area contributed by atoms with E-state index >= 15 is 0 Å². The molecule has 1 amide bonds. The zero-order valence-electron chi connectivity index (χ0n) is 14.7. The molecule has 24 heavy (non-hydrogen) atoms. The molecule has 0 atom stereocenters. The predicted octanol–water partition coefficient (Wildman–Crippen LogP) is 1.17. The summed E-state index contributed by atoms with van der Waals surface area (Å²) in [5.74, 6) is 0.301. The van der Waals surface area contributed by atoms with Gasteiger partial charge in [0.25, 0.3) is 0 Å². The Morgan fingerprint density at radius 1 is 1.33 bits per heavy atom. The minimum Gasteiger partial charge on any atom is -0.494 e. The molecular weight excluding hydrogens is 332 g/mol. The van der Waals surface area contributed by atoms with Crippen LogP contribution in [0.5, 0.6) is 5.75 Å². The summed E-state index contributed by atoms with van der Waals surface area (Å²) in [4.78, 5) is 12.0. The number of carbonyl (C=O) groups excluding carboxylic acids is 1. The van der Waals surface area contributed by atoms with Gasteiger partial charge in [-0.05, 0) is 44.0 Å². The van der Waals surface area contributed by atoms with Gasteiger partial charge in [-0.1, -0.05) is 0 Å². The van der Waals surface area contributed by atoms with E-state index in [0.717, 1.165) is 9.87 Å². The van der Waals surface area contributed by atoms with Crippen LogP contribution in [0, 0.1) is 6.92 Å². The monoisotopic (exact) mass is 358 g/mol. The molecule has 1 aromatic rings. The maximum absolute atomic E-state index is 12.6. The lowest BCUT2D eigenvalue weighted by Gasteiger charge is -2.18. The molecule has 0 radical (unpaired) electrons. The summed E-state index contributed by atoms with van der Waals surface area (Å²) in [5.41, 5.74) is 0.732. The topological polar surface area (TPSA) is 84.9 Å². The van der Waals surface area contributed by atoms with Crippen molar-refractivity contribution in [3.05, 3.63) is 23.8 Å². The zero-order chi connectivity index (χ0) is 18.2. The molecule has 7 nitrogen and oxygen atoms in total. The first-order valence-corrected chi connectivity index (χ1v) is 9.22. The lowest BCUT2D eigenvalue weighted by molar-refractivity contribution is -0.121. The second-order valence-electron chi connectivity index (χ2n) is 5.32. The lowest BCUT2D eigenvalue weighted by atomic mass is 10.2. The van der Waals surface area contributed by atoms with E-state index in [0.29, 0.717) is 31.9 Å². The van der Waals surface area contributed by atoms with Crippen LogP contribution in [0.1, 0.15) is 18.9 Å². The van der Waals surface area contributed by atoms with Gasteiger partial charge in [0.05, 0.1) is 18.0 Å². The van der Waals surface area contributed by atoms with Gasteiger partial charge in [0, 0.05) is 27.3 Å². The van der Waals surface area contributed by atoms with Crippen LogP contribution in [0.3, 0.4) is 0 Å². The number of ether oxygens (including phenoxy) is 2. The third-order valence-electron chi connectivity index (χ3n) is 3.37. The third kappa shape index (κ3) is 5.77. The Morgan fingerprint density at radius 2 is 2.04 bits per heavy atom. The molecule has 1 rings (SSSR count). The van der Waals surface area contributed by atoms with Crippen LogP contribution in [0.15, 0.2) is 23.1 Å². The Kier molecular flexibility index (Phi) is 8.17. The summed E-state index contributed by atoms with van der Waals surface area (Å²) in [6.45, 7) is 4.91. The van der Waals surface area contributed by atoms with E-state index in [4.69, 9.17) is 9.47 Å². The second-order valence-corrected chi connectivity index (χ2v) is 7.36. The van der Waals surface area contributed by atoms with Crippen molar-refractivity contribution in [2.45, 2.75) is 25.2 Å². The van der Waals surface area contributed by atoms with Crippen molar-refractivity contribution in [1.82, 2.24) is 9.62 Å². The van der Waals surface area contributed by atoms with Crippen LogP contribution in [-0.2, 0) is 19.6 Å². The highest BCUT2D eigenvalue weighted by molar-refractivity contribution is 7.89. The first-order chi connectivity index (χ1) is 11.3. The Bertz CT molecular complexity index is 646. The fraction of sp³-hybridized carbons (Fsp3) is 0.562. The average Bonchev–Trinajstić information content (AvgIpc) is 2.53. The van der Waals surface area contributed by atoms with Crippen molar-refractivity contribution < 1.29 is 22.7 Å². The molecule has 0 saturated carbocycles. The summed E-state index contributed by atoms with van der Waals surface area (Å²) >= 11 is 0. The Balaban J connectivity index is 2.73. The van der Waals surface area contributed by atoms with Crippen LogP contribution in [-0.4, -0.2) is 59.1 Å². The van der Waals surface area contributed by atoms with Gasteiger partial charge in [-0.15, -0.1) is 0 Å². The van der Waals surface area contributed by atoms with Gasteiger partial charge in [0.2, 0.25) is 15.9 Å². The van der Waals surface area contributed by atoms with Crippen molar-refractivity contribution in [2.24, 2.45) is 0 Å². The summed E-state index contributed by atoms with van der Waals surface area (Å²) in [6, 6.07) is 4.66. The van der Waals surface area contributed by atoms with Crippen molar-refractivity contribution in [1.29, 1.82) is 0 Å². The summed E-state index contributed by atoms with van der Waals surface area (Å²) < 4.78 is 36.4. The second kappa shape index (κ2) is 9.61. The molecule has 1 aromatic carbocycles. The number of rotatable bonds is 10. The third-order valence-corrected chi connectivity index (χ3v) is 5.17. The van der Waals surface area contributed by atoms with Crippen molar-refractivity contribution in [3.8, 4) is 5.75 Å². The molecule has 0 unspecified atom stereocenters. The van der Waals surface area contributed by atoms with Crippen molar-refractivity contribution in [3.63, 3.8) is 0 Å². The minimum atomic E-state index is -3.73. The molecule has 0 saturated heterocycles. The molecular formula is C16H26N2O5S. The average molecular weight is 358 g/mol. The van der Waals surface area contributed by atoms with Crippen LogP contribution in [0.25, 0.3) is 0 Å². The molecule has 0 heterocycles. The number of benzene rings is 1. The first-order valence-electron chi connectivity index (χ1n) is 7.78. The van der Waals surface area contributed by atoms with Gasteiger partial charge in [-0.2, -0.15) is 4.31 Å². The van der Waals surface area contributed by atoms with E-state index in [1.54, 1.807) is 26.2 Å². The zero-order valence-corrected chi connectivity index (χ0v) is 15.5. The van der Waals surface area contributed by atoms with Gasteiger partial charge in [-0.3, -0.25) is 4.79 Å². The smallest absolute Gasteiger partial charge is 0.243 e. The lowest BCUT2D eigenvalue weighted by Crippen LogP contribution is -2.38. The SMILES string of the molecule is CCOc1ccc(S(=O)(=O)N(C)CC(=O)NCCCOC)cc1C. The molecule has 0 aliphatic heterocycles. The largest absolute Gasteiger partial charge is 0.494 e. The number of hydrogen-bond donors (Lipinski definition) is 1. The first kappa shape index (κ1) is 20.4. The highest BCUT2D eigenvalue weighted by Crippen LogP contribution is 2.23. The highest BCUT2D eigenvalue weighted by Gasteiger charge is 2.23.